The van der Waals surface area contributed by atoms with Gasteiger partial charge in [-0.15, -0.1) is 0 Å². The summed E-state index contributed by atoms with van der Waals surface area (Å²) in [5, 5.41) is 6.46. The molecule has 1 aliphatic rings. The molecule has 0 amide bonds. The minimum Gasteiger partial charge on any atom is -0.478 e. The fraction of sp³-hybridized carbons (Fsp3) is 0.692. The van der Waals surface area contributed by atoms with Crippen LogP contribution in [0.3, 0.4) is 0 Å². The molecule has 1 fully saturated rings. The molecule has 6 heteroatoms. The Morgan fingerprint density at radius 2 is 2.26 bits per heavy atom. The number of piperidine rings is 1. The van der Waals surface area contributed by atoms with Crippen molar-refractivity contribution in [3.63, 3.8) is 0 Å². The van der Waals surface area contributed by atoms with Gasteiger partial charge in [0.25, 0.3) is 0 Å². The van der Waals surface area contributed by atoms with E-state index in [0.717, 1.165) is 25.9 Å². The first kappa shape index (κ1) is 14.0. The molecule has 2 heterocycles. The van der Waals surface area contributed by atoms with Crippen LogP contribution in [0.15, 0.2) is 12.3 Å². The summed E-state index contributed by atoms with van der Waals surface area (Å²) in [5.74, 6) is 1.18. The second-order valence-corrected chi connectivity index (χ2v) is 4.40. The van der Waals surface area contributed by atoms with Gasteiger partial charge in [-0.1, -0.05) is 0 Å². The predicted octanol–water partition coefficient (Wildman–Crippen LogP) is 1.06. The highest BCUT2D eigenvalue weighted by Gasteiger charge is 2.12. The van der Waals surface area contributed by atoms with E-state index in [0.29, 0.717) is 37.7 Å². The Kier molecular flexibility index (Phi) is 5.84. The van der Waals surface area contributed by atoms with E-state index in [1.165, 1.54) is 0 Å². The third kappa shape index (κ3) is 5.00. The van der Waals surface area contributed by atoms with Gasteiger partial charge < -0.3 is 20.1 Å². The van der Waals surface area contributed by atoms with Crippen molar-refractivity contribution < 1.29 is 9.47 Å². The Balaban J connectivity index is 1.65. The Labute approximate surface area is 113 Å². The lowest BCUT2D eigenvalue weighted by molar-refractivity contribution is 0.0393. The van der Waals surface area contributed by atoms with Gasteiger partial charge in [-0.25, -0.2) is 4.98 Å². The molecule has 2 N–H and O–H groups in total. The molecule has 0 unspecified atom stereocenters. The summed E-state index contributed by atoms with van der Waals surface area (Å²) in [6.07, 6.45) is 4.26. The first-order chi connectivity index (χ1) is 9.38. The van der Waals surface area contributed by atoms with Crippen molar-refractivity contribution in [1.29, 1.82) is 0 Å². The molecule has 106 valence electrons. The number of aromatic nitrogens is 2. The van der Waals surface area contributed by atoms with E-state index in [4.69, 9.17) is 9.47 Å². The molecule has 0 aromatic carbocycles. The summed E-state index contributed by atoms with van der Waals surface area (Å²) < 4.78 is 11.1. The van der Waals surface area contributed by atoms with Crippen molar-refractivity contribution >= 4 is 5.95 Å². The van der Waals surface area contributed by atoms with E-state index in [1.54, 1.807) is 12.3 Å². The van der Waals surface area contributed by atoms with E-state index in [1.807, 2.05) is 6.92 Å². The van der Waals surface area contributed by atoms with Crippen LogP contribution in [-0.2, 0) is 4.74 Å². The summed E-state index contributed by atoms with van der Waals surface area (Å²) in [5.41, 5.74) is 0. The monoisotopic (exact) mass is 266 g/mol. The van der Waals surface area contributed by atoms with Gasteiger partial charge in [0, 0.05) is 18.8 Å². The van der Waals surface area contributed by atoms with Crippen LogP contribution in [0.25, 0.3) is 0 Å². The van der Waals surface area contributed by atoms with Crippen LogP contribution in [-0.4, -0.2) is 48.9 Å². The minimum absolute atomic E-state index is 0.388. The lowest BCUT2D eigenvalue weighted by Gasteiger charge is -2.22. The minimum atomic E-state index is 0.388. The lowest BCUT2D eigenvalue weighted by atomic mass is 10.1. The number of rotatable bonds is 7. The molecule has 0 radical (unpaired) electrons. The molecular weight excluding hydrogens is 244 g/mol. The molecule has 0 bridgehead atoms. The zero-order chi connectivity index (χ0) is 13.3. The maximum Gasteiger partial charge on any atom is 0.226 e. The standard InChI is InChI=1S/C13H22N4O2/c1-2-18-12-5-8-15-13(17-12)16-9-10-19-11-3-6-14-7-4-11/h5,8,11,14H,2-4,6-7,9-10H2,1H3,(H,15,16,17). The van der Waals surface area contributed by atoms with Gasteiger partial charge >= 0.3 is 0 Å². The SMILES string of the molecule is CCOc1ccnc(NCCOC2CCNCC2)n1. The molecule has 0 spiro atoms. The fourth-order valence-corrected chi connectivity index (χ4v) is 2.01. The fourth-order valence-electron chi connectivity index (χ4n) is 2.01. The molecule has 0 atom stereocenters. The average Bonchev–Trinajstić information content (AvgIpc) is 2.46. The Morgan fingerprint density at radius 1 is 1.42 bits per heavy atom. The van der Waals surface area contributed by atoms with E-state index < -0.39 is 0 Å². The first-order valence-corrected chi connectivity index (χ1v) is 6.90. The van der Waals surface area contributed by atoms with Gasteiger partial charge in [0.05, 0.1) is 19.3 Å². The molecule has 2 rings (SSSR count). The maximum absolute atomic E-state index is 5.79. The normalized spacial score (nSPS) is 16.3. The van der Waals surface area contributed by atoms with E-state index in [9.17, 15) is 0 Å². The van der Waals surface area contributed by atoms with Crippen molar-refractivity contribution in [2.75, 3.05) is 38.2 Å². The van der Waals surface area contributed by atoms with Gasteiger partial charge in [-0.05, 0) is 32.9 Å². The van der Waals surface area contributed by atoms with Crippen molar-refractivity contribution in [1.82, 2.24) is 15.3 Å². The zero-order valence-electron chi connectivity index (χ0n) is 11.4. The van der Waals surface area contributed by atoms with E-state index in [-0.39, 0.29) is 0 Å². The van der Waals surface area contributed by atoms with Crippen LogP contribution in [0, 0.1) is 0 Å². The van der Waals surface area contributed by atoms with Gasteiger partial charge in [-0.3, -0.25) is 0 Å². The molecule has 1 aliphatic heterocycles. The second kappa shape index (κ2) is 7.91. The van der Waals surface area contributed by atoms with Gasteiger partial charge in [-0.2, -0.15) is 4.98 Å². The van der Waals surface area contributed by atoms with Crippen LogP contribution < -0.4 is 15.4 Å². The summed E-state index contributed by atoms with van der Waals surface area (Å²) in [6, 6.07) is 1.75. The van der Waals surface area contributed by atoms with E-state index >= 15 is 0 Å². The van der Waals surface area contributed by atoms with Crippen LogP contribution in [0.2, 0.25) is 0 Å². The Morgan fingerprint density at radius 3 is 3.05 bits per heavy atom. The third-order valence-corrected chi connectivity index (χ3v) is 2.95. The van der Waals surface area contributed by atoms with Crippen LogP contribution in [0.4, 0.5) is 5.95 Å². The molecule has 0 aliphatic carbocycles. The van der Waals surface area contributed by atoms with Crippen LogP contribution in [0.1, 0.15) is 19.8 Å². The highest BCUT2D eigenvalue weighted by atomic mass is 16.5. The maximum atomic E-state index is 5.79. The van der Waals surface area contributed by atoms with Crippen LogP contribution >= 0.6 is 0 Å². The van der Waals surface area contributed by atoms with Crippen molar-refractivity contribution in [3.8, 4) is 5.88 Å². The van der Waals surface area contributed by atoms with E-state index in [2.05, 4.69) is 20.6 Å². The Hall–Kier alpha value is -1.40. The molecule has 1 saturated heterocycles. The topological polar surface area (TPSA) is 68.3 Å². The summed E-state index contributed by atoms with van der Waals surface area (Å²) in [4.78, 5) is 8.38. The van der Waals surface area contributed by atoms with Crippen molar-refractivity contribution in [3.05, 3.63) is 12.3 Å². The number of nitrogens with one attached hydrogen (secondary N) is 2. The summed E-state index contributed by atoms with van der Waals surface area (Å²) in [7, 11) is 0. The molecule has 6 nitrogen and oxygen atoms in total. The Bertz CT molecular complexity index is 369. The lowest BCUT2D eigenvalue weighted by Crippen LogP contribution is -2.33. The third-order valence-electron chi connectivity index (χ3n) is 2.95. The predicted molar refractivity (Wildman–Crippen MR) is 73.5 cm³/mol. The number of ether oxygens (including phenoxy) is 2. The number of hydrogen-bond donors (Lipinski definition) is 2. The highest BCUT2D eigenvalue weighted by Crippen LogP contribution is 2.09. The largest absolute Gasteiger partial charge is 0.478 e. The first-order valence-electron chi connectivity index (χ1n) is 6.90. The van der Waals surface area contributed by atoms with Crippen LogP contribution in [0.5, 0.6) is 5.88 Å². The molecular formula is C13H22N4O2. The smallest absolute Gasteiger partial charge is 0.226 e. The highest BCUT2D eigenvalue weighted by molar-refractivity contribution is 5.27. The van der Waals surface area contributed by atoms with Crippen molar-refractivity contribution in [2.45, 2.75) is 25.9 Å². The number of anilines is 1. The van der Waals surface area contributed by atoms with Crippen molar-refractivity contribution in [2.24, 2.45) is 0 Å². The average molecular weight is 266 g/mol. The summed E-state index contributed by atoms with van der Waals surface area (Å²) >= 11 is 0. The van der Waals surface area contributed by atoms with Gasteiger partial charge in [0.2, 0.25) is 11.8 Å². The van der Waals surface area contributed by atoms with Gasteiger partial charge in [0.1, 0.15) is 0 Å². The molecule has 0 saturated carbocycles. The number of hydrogen-bond acceptors (Lipinski definition) is 6. The number of nitrogens with zero attached hydrogens (tertiary/aromatic N) is 2. The quantitative estimate of drug-likeness (QED) is 0.719. The second-order valence-electron chi connectivity index (χ2n) is 4.40. The molecule has 1 aromatic rings. The molecule has 19 heavy (non-hydrogen) atoms. The summed E-state index contributed by atoms with van der Waals surface area (Å²) in [6.45, 7) is 6.03. The molecule has 1 aromatic heterocycles. The van der Waals surface area contributed by atoms with Gasteiger partial charge in [0.15, 0.2) is 0 Å². The zero-order valence-corrected chi connectivity index (χ0v) is 11.4.